The summed E-state index contributed by atoms with van der Waals surface area (Å²) < 4.78 is 13.2. The summed E-state index contributed by atoms with van der Waals surface area (Å²) in [4.78, 5) is 14.1. The van der Waals surface area contributed by atoms with E-state index in [1.807, 2.05) is 6.92 Å². The number of nitrogens with zero attached hydrogens (tertiary/aromatic N) is 1. The Hall–Kier alpha value is -1.13. The summed E-state index contributed by atoms with van der Waals surface area (Å²) in [6.45, 7) is 1.99. The second kappa shape index (κ2) is 6.55. The molecule has 1 fully saturated rings. The first-order chi connectivity index (χ1) is 9.49. The number of carbonyl (C=O) groups is 1. The van der Waals surface area contributed by atoms with Crippen molar-refractivity contribution in [1.82, 2.24) is 0 Å². The van der Waals surface area contributed by atoms with Gasteiger partial charge in [-0.1, -0.05) is 11.6 Å². The van der Waals surface area contributed by atoms with Gasteiger partial charge in [0.1, 0.15) is 5.82 Å². The molecule has 3 nitrogen and oxygen atoms in total. The molecule has 0 spiro atoms. The molecular formula is C15H20ClFN2O. The summed E-state index contributed by atoms with van der Waals surface area (Å²) in [5.41, 5.74) is 6.55. The zero-order chi connectivity index (χ0) is 14.7. The molecule has 1 aliphatic heterocycles. The van der Waals surface area contributed by atoms with E-state index >= 15 is 0 Å². The SMILES string of the molecule is CC1CCC[C@@H](N)CCC(=O)N1c1ccc(F)cc1Cl. The van der Waals surface area contributed by atoms with Gasteiger partial charge in [0.05, 0.1) is 10.7 Å². The fourth-order valence-corrected chi connectivity index (χ4v) is 2.93. The van der Waals surface area contributed by atoms with Gasteiger partial charge < -0.3 is 10.6 Å². The molecule has 0 radical (unpaired) electrons. The van der Waals surface area contributed by atoms with Crippen LogP contribution in [0, 0.1) is 5.82 Å². The van der Waals surface area contributed by atoms with Gasteiger partial charge in [0.15, 0.2) is 0 Å². The maximum Gasteiger partial charge on any atom is 0.227 e. The molecule has 1 aromatic carbocycles. The minimum absolute atomic E-state index is 0.00311. The van der Waals surface area contributed by atoms with Gasteiger partial charge in [0, 0.05) is 18.5 Å². The van der Waals surface area contributed by atoms with E-state index in [1.54, 1.807) is 11.0 Å². The van der Waals surface area contributed by atoms with E-state index < -0.39 is 5.82 Å². The summed E-state index contributed by atoms with van der Waals surface area (Å²) >= 11 is 6.10. The van der Waals surface area contributed by atoms with Gasteiger partial charge in [-0.3, -0.25) is 4.79 Å². The summed E-state index contributed by atoms with van der Waals surface area (Å²) in [5.74, 6) is -0.395. The number of benzene rings is 1. The van der Waals surface area contributed by atoms with Crippen molar-refractivity contribution >= 4 is 23.2 Å². The molecule has 1 amide bonds. The van der Waals surface area contributed by atoms with Crippen molar-refractivity contribution in [3.63, 3.8) is 0 Å². The van der Waals surface area contributed by atoms with Crippen LogP contribution in [0.5, 0.6) is 0 Å². The van der Waals surface area contributed by atoms with Crippen molar-refractivity contribution in [3.05, 3.63) is 29.0 Å². The fraction of sp³-hybridized carbons (Fsp3) is 0.533. The summed E-state index contributed by atoms with van der Waals surface area (Å²) in [6, 6.07) is 4.27. The van der Waals surface area contributed by atoms with Gasteiger partial charge in [-0.2, -0.15) is 0 Å². The third kappa shape index (κ3) is 3.49. The number of amides is 1. The molecule has 20 heavy (non-hydrogen) atoms. The Morgan fingerprint density at radius 3 is 2.80 bits per heavy atom. The number of hydrogen-bond donors (Lipinski definition) is 1. The molecular weight excluding hydrogens is 279 g/mol. The van der Waals surface area contributed by atoms with Gasteiger partial charge >= 0.3 is 0 Å². The van der Waals surface area contributed by atoms with E-state index in [4.69, 9.17) is 17.3 Å². The van der Waals surface area contributed by atoms with Crippen LogP contribution in [0.3, 0.4) is 0 Å². The molecule has 2 rings (SSSR count). The summed E-state index contributed by atoms with van der Waals surface area (Å²) in [5, 5.41) is 0.272. The largest absolute Gasteiger partial charge is 0.328 e. The van der Waals surface area contributed by atoms with E-state index in [9.17, 15) is 9.18 Å². The van der Waals surface area contributed by atoms with Gasteiger partial charge in [-0.25, -0.2) is 4.39 Å². The van der Waals surface area contributed by atoms with E-state index in [0.29, 0.717) is 18.5 Å². The molecule has 5 heteroatoms. The molecule has 1 saturated heterocycles. The van der Waals surface area contributed by atoms with Crippen LogP contribution in [0.15, 0.2) is 18.2 Å². The summed E-state index contributed by atoms with van der Waals surface area (Å²) in [7, 11) is 0. The lowest BCUT2D eigenvalue weighted by molar-refractivity contribution is -0.119. The van der Waals surface area contributed by atoms with Crippen LogP contribution in [0.2, 0.25) is 5.02 Å². The first kappa shape index (κ1) is 15.3. The molecule has 0 bridgehead atoms. The standard InChI is InChI=1S/C15H20ClFN2O/c1-10-3-2-4-12(18)6-8-15(20)19(10)14-7-5-11(17)9-13(14)16/h5,7,9-10,12H,2-4,6,8,18H2,1H3/t10?,12-/m1/s1. The van der Waals surface area contributed by atoms with E-state index in [0.717, 1.165) is 19.3 Å². The molecule has 110 valence electrons. The highest BCUT2D eigenvalue weighted by Gasteiger charge is 2.25. The van der Waals surface area contributed by atoms with Crippen LogP contribution >= 0.6 is 11.6 Å². The second-order valence-electron chi connectivity index (χ2n) is 5.44. The minimum Gasteiger partial charge on any atom is -0.328 e. The molecule has 2 atom stereocenters. The van der Waals surface area contributed by atoms with Crippen LogP contribution < -0.4 is 10.6 Å². The minimum atomic E-state index is -0.398. The lowest BCUT2D eigenvalue weighted by atomic mass is 10.0. The Bertz CT molecular complexity index is 495. The maximum atomic E-state index is 13.2. The Kier molecular flexibility index (Phi) is 5.00. The zero-order valence-electron chi connectivity index (χ0n) is 11.6. The van der Waals surface area contributed by atoms with Crippen molar-refractivity contribution in [3.8, 4) is 0 Å². The normalized spacial score (nSPS) is 25.0. The number of anilines is 1. The number of hydrogen-bond acceptors (Lipinski definition) is 2. The Morgan fingerprint density at radius 2 is 2.10 bits per heavy atom. The number of halogens is 2. The van der Waals surface area contributed by atoms with Gasteiger partial charge in [0.2, 0.25) is 5.91 Å². The number of nitrogens with two attached hydrogens (primary N) is 1. The Balaban J connectivity index is 2.31. The Labute approximate surface area is 123 Å². The van der Waals surface area contributed by atoms with Crippen molar-refractivity contribution in [2.24, 2.45) is 5.73 Å². The molecule has 1 unspecified atom stereocenters. The van der Waals surface area contributed by atoms with Crippen molar-refractivity contribution in [2.45, 2.75) is 51.1 Å². The highest BCUT2D eigenvalue weighted by atomic mass is 35.5. The smallest absolute Gasteiger partial charge is 0.227 e. The average molecular weight is 299 g/mol. The van der Waals surface area contributed by atoms with Gasteiger partial charge in [-0.05, 0) is 50.8 Å². The summed E-state index contributed by atoms with van der Waals surface area (Å²) in [6.07, 6.45) is 3.86. The number of rotatable bonds is 1. The topological polar surface area (TPSA) is 46.3 Å². The van der Waals surface area contributed by atoms with E-state index in [1.165, 1.54) is 12.1 Å². The fourth-order valence-electron chi connectivity index (χ4n) is 2.67. The van der Waals surface area contributed by atoms with Crippen LogP contribution in [-0.2, 0) is 4.79 Å². The first-order valence-electron chi connectivity index (χ1n) is 7.01. The monoisotopic (exact) mass is 298 g/mol. The van der Waals surface area contributed by atoms with Crippen LogP contribution in [0.4, 0.5) is 10.1 Å². The van der Waals surface area contributed by atoms with Gasteiger partial charge in [-0.15, -0.1) is 0 Å². The first-order valence-corrected chi connectivity index (χ1v) is 7.39. The van der Waals surface area contributed by atoms with Crippen LogP contribution in [-0.4, -0.2) is 18.0 Å². The van der Waals surface area contributed by atoms with E-state index in [2.05, 4.69) is 0 Å². The Morgan fingerprint density at radius 1 is 1.35 bits per heavy atom. The third-order valence-corrected chi connectivity index (χ3v) is 4.11. The molecule has 1 aromatic rings. The van der Waals surface area contributed by atoms with Crippen molar-refractivity contribution in [2.75, 3.05) is 4.90 Å². The molecule has 0 aromatic heterocycles. The second-order valence-corrected chi connectivity index (χ2v) is 5.85. The third-order valence-electron chi connectivity index (χ3n) is 3.80. The van der Waals surface area contributed by atoms with Crippen LogP contribution in [0.25, 0.3) is 0 Å². The molecule has 1 heterocycles. The highest BCUT2D eigenvalue weighted by Crippen LogP contribution is 2.31. The van der Waals surface area contributed by atoms with Crippen LogP contribution in [0.1, 0.15) is 39.0 Å². The van der Waals surface area contributed by atoms with Crippen molar-refractivity contribution < 1.29 is 9.18 Å². The maximum absolute atomic E-state index is 13.2. The van der Waals surface area contributed by atoms with Crippen molar-refractivity contribution in [1.29, 1.82) is 0 Å². The lowest BCUT2D eigenvalue weighted by Gasteiger charge is -2.29. The predicted octanol–water partition coefficient (Wildman–Crippen LogP) is 3.49. The predicted molar refractivity (Wildman–Crippen MR) is 79.4 cm³/mol. The molecule has 1 aliphatic rings. The molecule has 0 saturated carbocycles. The lowest BCUT2D eigenvalue weighted by Crippen LogP contribution is -2.38. The quantitative estimate of drug-likeness (QED) is 0.862. The molecule has 0 aliphatic carbocycles. The molecule has 2 N–H and O–H groups in total. The zero-order valence-corrected chi connectivity index (χ0v) is 12.4. The van der Waals surface area contributed by atoms with Gasteiger partial charge in [0.25, 0.3) is 0 Å². The number of carbonyl (C=O) groups excluding carboxylic acids is 1. The average Bonchev–Trinajstić information content (AvgIpc) is 2.43. The highest BCUT2D eigenvalue weighted by molar-refractivity contribution is 6.33. The van der Waals surface area contributed by atoms with E-state index in [-0.39, 0.29) is 23.0 Å².